The fourth-order valence-corrected chi connectivity index (χ4v) is 7.60. The van der Waals surface area contributed by atoms with Crippen LogP contribution in [-0.2, 0) is 4.79 Å². The molecule has 4 bridgehead atoms. The quantitative estimate of drug-likeness (QED) is 0.765. The lowest BCUT2D eigenvalue weighted by Gasteiger charge is -2.62. The molecule has 4 atom stereocenters. The Morgan fingerprint density at radius 1 is 0.962 bits per heavy atom. The summed E-state index contributed by atoms with van der Waals surface area (Å²) in [5.74, 6) is 1.51. The molecule has 1 N–H and O–H groups in total. The lowest BCUT2D eigenvalue weighted by atomic mass is 9.43. The minimum atomic E-state index is -4.17. The number of hydrogen-bond donors (Lipinski definition) is 1. The molecule has 1 amide bonds. The standard InChI is InChI=1S/C20H29F3N2O/c21-20(22,23)19-8-13-5-14(9-19)7-18(6-13,12-19)17(26)25-3-1-15-10-24-11-16(15)2-4-25/h13-16,24H,1-12H2/t13?,14?,15-,16+,18?,19?. The fourth-order valence-electron chi connectivity index (χ4n) is 7.60. The molecular weight excluding hydrogens is 341 g/mol. The average molecular weight is 370 g/mol. The first-order valence-electron chi connectivity index (χ1n) is 10.4. The van der Waals surface area contributed by atoms with Crippen LogP contribution in [0.25, 0.3) is 0 Å². The van der Waals surface area contributed by atoms with Crippen LogP contribution in [0.5, 0.6) is 0 Å². The number of nitrogens with one attached hydrogen (secondary N) is 1. The minimum Gasteiger partial charge on any atom is -0.342 e. The van der Waals surface area contributed by atoms with Crippen LogP contribution in [0.3, 0.4) is 0 Å². The number of fused-ring (bicyclic) bond motifs is 1. The maximum atomic E-state index is 14.0. The molecule has 0 aromatic carbocycles. The molecule has 0 radical (unpaired) electrons. The van der Waals surface area contributed by atoms with Gasteiger partial charge in [0, 0.05) is 13.1 Å². The summed E-state index contributed by atoms with van der Waals surface area (Å²) >= 11 is 0. The molecule has 3 nitrogen and oxygen atoms in total. The molecule has 26 heavy (non-hydrogen) atoms. The summed E-state index contributed by atoms with van der Waals surface area (Å²) in [4.78, 5) is 15.5. The van der Waals surface area contributed by atoms with Crippen LogP contribution >= 0.6 is 0 Å². The second kappa shape index (κ2) is 5.62. The van der Waals surface area contributed by atoms with Gasteiger partial charge in [0.1, 0.15) is 0 Å². The fraction of sp³-hybridized carbons (Fsp3) is 0.950. The number of rotatable bonds is 1. The third-order valence-electron chi connectivity index (χ3n) is 8.42. The van der Waals surface area contributed by atoms with E-state index in [9.17, 15) is 18.0 Å². The van der Waals surface area contributed by atoms with Gasteiger partial charge in [-0.3, -0.25) is 4.79 Å². The summed E-state index contributed by atoms with van der Waals surface area (Å²) in [6.45, 7) is 3.52. The zero-order chi connectivity index (χ0) is 18.2. The highest BCUT2D eigenvalue weighted by atomic mass is 19.4. The minimum absolute atomic E-state index is 0.0558. The topological polar surface area (TPSA) is 32.3 Å². The number of hydrogen-bond acceptors (Lipinski definition) is 2. The Hall–Kier alpha value is -0.780. The molecule has 146 valence electrons. The van der Waals surface area contributed by atoms with Crippen LogP contribution in [0.4, 0.5) is 13.2 Å². The lowest BCUT2D eigenvalue weighted by molar-refractivity contribution is -0.284. The molecule has 4 saturated carbocycles. The van der Waals surface area contributed by atoms with Gasteiger partial charge >= 0.3 is 6.18 Å². The molecule has 0 aromatic heterocycles. The van der Waals surface area contributed by atoms with Crippen LogP contribution < -0.4 is 5.32 Å². The monoisotopic (exact) mass is 370 g/mol. The van der Waals surface area contributed by atoms with E-state index in [4.69, 9.17) is 0 Å². The predicted octanol–water partition coefficient (Wildman–Crippen LogP) is 3.59. The van der Waals surface area contributed by atoms with Gasteiger partial charge in [0.2, 0.25) is 5.91 Å². The van der Waals surface area contributed by atoms with Crippen LogP contribution in [0.1, 0.15) is 51.4 Å². The molecule has 6 fully saturated rings. The molecule has 2 heterocycles. The van der Waals surface area contributed by atoms with E-state index in [1.807, 2.05) is 4.90 Å². The van der Waals surface area contributed by atoms with Gasteiger partial charge in [-0.25, -0.2) is 0 Å². The van der Waals surface area contributed by atoms with E-state index in [1.165, 1.54) is 0 Å². The van der Waals surface area contributed by atoms with Gasteiger partial charge < -0.3 is 10.2 Å². The van der Waals surface area contributed by atoms with Crippen molar-refractivity contribution in [1.29, 1.82) is 0 Å². The van der Waals surface area contributed by atoms with E-state index in [-0.39, 0.29) is 37.0 Å². The number of carbonyl (C=O) groups is 1. The molecule has 6 rings (SSSR count). The van der Waals surface area contributed by atoms with E-state index < -0.39 is 17.0 Å². The maximum Gasteiger partial charge on any atom is 0.394 e. The Bertz CT molecular complexity index is 576. The Kier molecular flexibility index (Phi) is 3.74. The highest BCUT2D eigenvalue weighted by Gasteiger charge is 2.69. The zero-order valence-corrected chi connectivity index (χ0v) is 15.3. The molecule has 0 spiro atoms. The largest absolute Gasteiger partial charge is 0.394 e. The SMILES string of the molecule is O=C(N1CC[C@@H]2CNC[C@@H]2CC1)C12CC3CC(C1)CC(C(F)(F)F)(C3)C2. The van der Waals surface area contributed by atoms with Crippen molar-refractivity contribution in [3.05, 3.63) is 0 Å². The van der Waals surface area contributed by atoms with Gasteiger partial charge in [0.25, 0.3) is 0 Å². The number of amides is 1. The summed E-state index contributed by atoms with van der Waals surface area (Å²) in [6.07, 6.45) is 0.708. The molecule has 0 aromatic rings. The molecule has 2 unspecified atom stereocenters. The number of carbonyl (C=O) groups excluding carboxylic acids is 1. The number of nitrogens with zero attached hydrogens (tertiary/aromatic N) is 1. The molecule has 2 saturated heterocycles. The summed E-state index contributed by atoms with van der Waals surface area (Å²) in [7, 11) is 0. The van der Waals surface area contributed by atoms with Gasteiger partial charge in [-0.1, -0.05) is 0 Å². The number of likely N-dealkylation sites (tertiary alicyclic amines) is 1. The van der Waals surface area contributed by atoms with Crippen molar-refractivity contribution in [2.24, 2.45) is 34.5 Å². The van der Waals surface area contributed by atoms with E-state index in [0.29, 0.717) is 24.7 Å². The van der Waals surface area contributed by atoms with Crippen molar-refractivity contribution in [2.75, 3.05) is 26.2 Å². The van der Waals surface area contributed by atoms with Crippen LogP contribution in [0.2, 0.25) is 0 Å². The van der Waals surface area contributed by atoms with Crippen molar-refractivity contribution >= 4 is 5.91 Å². The predicted molar refractivity (Wildman–Crippen MR) is 91.3 cm³/mol. The van der Waals surface area contributed by atoms with Gasteiger partial charge in [-0.15, -0.1) is 0 Å². The first kappa shape index (κ1) is 17.3. The van der Waals surface area contributed by atoms with E-state index in [2.05, 4.69) is 5.32 Å². The van der Waals surface area contributed by atoms with Crippen molar-refractivity contribution in [3.8, 4) is 0 Å². The first-order chi connectivity index (χ1) is 12.3. The summed E-state index contributed by atoms with van der Waals surface area (Å²) in [5, 5.41) is 3.44. The lowest BCUT2D eigenvalue weighted by Crippen LogP contribution is -2.61. The smallest absolute Gasteiger partial charge is 0.342 e. The van der Waals surface area contributed by atoms with Crippen LogP contribution in [0.15, 0.2) is 0 Å². The summed E-state index contributed by atoms with van der Waals surface area (Å²) in [6, 6.07) is 0. The highest BCUT2D eigenvalue weighted by Crippen LogP contribution is 2.69. The normalized spacial score (nSPS) is 47.7. The molecule has 4 aliphatic carbocycles. The third kappa shape index (κ3) is 2.46. The number of alkyl halides is 3. The van der Waals surface area contributed by atoms with Crippen molar-refractivity contribution in [2.45, 2.75) is 57.5 Å². The van der Waals surface area contributed by atoms with Crippen LogP contribution in [-0.4, -0.2) is 43.2 Å². The molecule has 6 heteroatoms. The van der Waals surface area contributed by atoms with E-state index >= 15 is 0 Å². The van der Waals surface area contributed by atoms with Crippen LogP contribution in [0, 0.1) is 34.5 Å². The van der Waals surface area contributed by atoms with Gasteiger partial charge in [0.05, 0.1) is 10.8 Å². The second-order valence-corrected chi connectivity index (χ2v) is 10.1. The highest BCUT2D eigenvalue weighted by molar-refractivity contribution is 5.83. The average Bonchev–Trinajstić information content (AvgIpc) is 2.91. The number of halogens is 3. The van der Waals surface area contributed by atoms with E-state index in [1.54, 1.807) is 0 Å². The van der Waals surface area contributed by atoms with Gasteiger partial charge in [-0.05, 0) is 88.1 Å². The summed E-state index contributed by atoms with van der Waals surface area (Å²) < 4.78 is 41.9. The Balaban J connectivity index is 1.39. The molecular formula is C20H29F3N2O. The van der Waals surface area contributed by atoms with Crippen molar-refractivity contribution < 1.29 is 18.0 Å². The maximum absolute atomic E-state index is 14.0. The molecule has 2 aliphatic heterocycles. The first-order valence-corrected chi connectivity index (χ1v) is 10.4. The van der Waals surface area contributed by atoms with Crippen molar-refractivity contribution in [1.82, 2.24) is 10.2 Å². The summed E-state index contributed by atoms with van der Waals surface area (Å²) in [5.41, 5.74) is -2.31. The molecule has 6 aliphatic rings. The van der Waals surface area contributed by atoms with Crippen molar-refractivity contribution in [3.63, 3.8) is 0 Å². The van der Waals surface area contributed by atoms with Gasteiger partial charge in [0.15, 0.2) is 0 Å². The third-order valence-corrected chi connectivity index (χ3v) is 8.42. The second-order valence-electron chi connectivity index (χ2n) is 10.1. The Morgan fingerprint density at radius 3 is 2.08 bits per heavy atom. The van der Waals surface area contributed by atoms with Gasteiger partial charge in [-0.2, -0.15) is 13.2 Å². The zero-order valence-electron chi connectivity index (χ0n) is 15.3. The Labute approximate surface area is 153 Å². The Morgan fingerprint density at radius 2 is 1.54 bits per heavy atom. The van der Waals surface area contributed by atoms with E-state index in [0.717, 1.165) is 45.4 Å².